The van der Waals surface area contributed by atoms with Gasteiger partial charge in [0.05, 0.1) is 27.8 Å². The van der Waals surface area contributed by atoms with E-state index in [1.165, 1.54) is 35.6 Å². The molecule has 0 bridgehead atoms. The molecule has 0 radical (unpaired) electrons. The number of carbonyl (C=O) groups excluding carboxylic acids is 1. The second kappa shape index (κ2) is 8.58. The van der Waals surface area contributed by atoms with Crippen LogP contribution >= 0.6 is 11.3 Å². The van der Waals surface area contributed by atoms with E-state index in [0.717, 1.165) is 28.1 Å². The number of sulfonamides is 1. The van der Waals surface area contributed by atoms with Gasteiger partial charge in [0, 0.05) is 18.7 Å². The van der Waals surface area contributed by atoms with Crippen LogP contribution < -0.4 is 10.0 Å². The third-order valence-electron chi connectivity index (χ3n) is 4.69. The molecule has 0 saturated carbocycles. The van der Waals surface area contributed by atoms with Crippen molar-refractivity contribution >= 4 is 37.5 Å². The van der Waals surface area contributed by atoms with Crippen molar-refractivity contribution in [2.24, 2.45) is 0 Å². The van der Waals surface area contributed by atoms with Crippen LogP contribution in [0.2, 0.25) is 0 Å². The lowest BCUT2D eigenvalue weighted by Gasteiger charge is -2.11. The fraction of sp³-hybridized carbons (Fsp3) is 0.300. The number of nitrogens with one attached hydrogen (secondary N) is 2. The summed E-state index contributed by atoms with van der Waals surface area (Å²) in [6.45, 7) is 1.25. The molecule has 152 valence electrons. The molecule has 0 aliphatic carbocycles. The normalized spacial score (nSPS) is 16.9. The second-order valence-corrected chi connectivity index (χ2v) is 9.65. The molecule has 1 atom stereocenters. The van der Waals surface area contributed by atoms with Crippen molar-refractivity contribution in [1.82, 2.24) is 15.0 Å². The first-order valence-electron chi connectivity index (χ1n) is 9.35. The molecule has 1 aromatic heterocycles. The van der Waals surface area contributed by atoms with Crippen molar-refractivity contribution in [2.75, 3.05) is 13.2 Å². The fourth-order valence-electron chi connectivity index (χ4n) is 3.13. The smallest absolute Gasteiger partial charge is 0.251 e. The maximum atomic E-state index is 12.4. The number of carbonyl (C=O) groups is 1. The monoisotopic (exact) mass is 431 g/mol. The molecule has 1 amide bonds. The van der Waals surface area contributed by atoms with Crippen molar-refractivity contribution in [1.29, 1.82) is 0 Å². The summed E-state index contributed by atoms with van der Waals surface area (Å²) in [6, 6.07) is 13.7. The van der Waals surface area contributed by atoms with Crippen molar-refractivity contribution < 1.29 is 17.9 Å². The van der Waals surface area contributed by atoms with Gasteiger partial charge >= 0.3 is 0 Å². The van der Waals surface area contributed by atoms with Gasteiger partial charge in [-0.05, 0) is 49.2 Å². The maximum absolute atomic E-state index is 12.4. The van der Waals surface area contributed by atoms with Crippen LogP contribution in [0, 0.1) is 0 Å². The van der Waals surface area contributed by atoms with E-state index in [9.17, 15) is 13.2 Å². The van der Waals surface area contributed by atoms with Gasteiger partial charge in [-0.3, -0.25) is 4.79 Å². The van der Waals surface area contributed by atoms with Crippen molar-refractivity contribution in [2.45, 2.75) is 30.4 Å². The number of benzene rings is 2. The number of ether oxygens (including phenoxy) is 1. The van der Waals surface area contributed by atoms with E-state index in [0.29, 0.717) is 18.7 Å². The van der Waals surface area contributed by atoms with Crippen LogP contribution in [0.25, 0.3) is 10.2 Å². The molecule has 9 heteroatoms. The van der Waals surface area contributed by atoms with Crippen LogP contribution in [0.3, 0.4) is 0 Å². The van der Waals surface area contributed by atoms with Gasteiger partial charge in [-0.25, -0.2) is 18.1 Å². The fourth-order valence-corrected chi connectivity index (χ4v) is 5.10. The zero-order valence-corrected chi connectivity index (χ0v) is 17.3. The zero-order valence-electron chi connectivity index (χ0n) is 15.6. The lowest BCUT2D eigenvalue weighted by atomic mass is 10.2. The molecule has 0 spiro atoms. The lowest BCUT2D eigenvalue weighted by molar-refractivity contribution is 0.0950. The Morgan fingerprint density at radius 2 is 1.97 bits per heavy atom. The number of rotatable bonds is 7. The van der Waals surface area contributed by atoms with Crippen molar-refractivity contribution in [3.05, 3.63) is 59.1 Å². The van der Waals surface area contributed by atoms with Crippen LogP contribution in [0.15, 0.2) is 53.4 Å². The molecule has 3 aromatic rings. The topological polar surface area (TPSA) is 97.4 Å². The number of aromatic nitrogens is 1. The first-order valence-corrected chi connectivity index (χ1v) is 11.7. The third kappa shape index (κ3) is 4.81. The Kier molecular flexibility index (Phi) is 5.91. The molecule has 1 unspecified atom stereocenters. The molecule has 1 fully saturated rings. The minimum atomic E-state index is -3.63. The quantitative estimate of drug-likeness (QED) is 0.599. The van der Waals surface area contributed by atoms with Crippen molar-refractivity contribution in [3.63, 3.8) is 0 Å². The SMILES string of the molecule is O=C(NCc1nc2ccccc2s1)c1ccc(S(=O)(=O)NCC2CCCO2)cc1. The summed E-state index contributed by atoms with van der Waals surface area (Å²) in [7, 11) is -3.63. The molecular formula is C20H21N3O4S2. The number of fused-ring (bicyclic) bond motifs is 1. The Hall–Kier alpha value is -2.33. The summed E-state index contributed by atoms with van der Waals surface area (Å²) in [6.07, 6.45) is 1.74. The number of nitrogens with zero attached hydrogens (tertiary/aromatic N) is 1. The molecule has 1 saturated heterocycles. The molecule has 29 heavy (non-hydrogen) atoms. The van der Waals surface area contributed by atoms with Gasteiger partial charge in [0.25, 0.3) is 5.91 Å². The summed E-state index contributed by atoms with van der Waals surface area (Å²) in [5, 5.41) is 3.64. The number of amides is 1. The highest BCUT2D eigenvalue weighted by Crippen LogP contribution is 2.21. The Morgan fingerprint density at radius 1 is 1.17 bits per heavy atom. The van der Waals surface area contributed by atoms with Gasteiger partial charge in [0.1, 0.15) is 5.01 Å². The van der Waals surface area contributed by atoms with E-state index in [-0.39, 0.29) is 23.5 Å². The van der Waals surface area contributed by atoms with E-state index in [1.807, 2.05) is 24.3 Å². The molecule has 4 rings (SSSR count). The highest BCUT2D eigenvalue weighted by atomic mass is 32.2. The first kappa shape index (κ1) is 20.0. The van der Waals surface area contributed by atoms with Gasteiger partial charge in [-0.15, -0.1) is 11.3 Å². The van der Waals surface area contributed by atoms with Crippen LogP contribution in [0.5, 0.6) is 0 Å². The average Bonchev–Trinajstić information content (AvgIpc) is 3.40. The third-order valence-corrected chi connectivity index (χ3v) is 7.17. The summed E-state index contributed by atoms with van der Waals surface area (Å²) in [5.41, 5.74) is 1.30. The predicted molar refractivity (Wildman–Crippen MR) is 111 cm³/mol. The Morgan fingerprint density at radius 3 is 2.69 bits per heavy atom. The summed E-state index contributed by atoms with van der Waals surface area (Å²) in [4.78, 5) is 17.0. The van der Waals surface area contributed by atoms with Gasteiger partial charge in [0.2, 0.25) is 10.0 Å². The molecule has 2 N–H and O–H groups in total. The highest BCUT2D eigenvalue weighted by Gasteiger charge is 2.20. The summed E-state index contributed by atoms with van der Waals surface area (Å²) >= 11 is 1.53. The molecule has 1 aliphatic heterocycles. The number of thiazole rings is 1. The molecule has 2 heterocycles. The van der Waals surface area contributed by atoms with E-state index >= 15 is 0 Å². The van der Waals surface area contributed by atoms with Gasteiger partial charge < -0.3 is 10.1 Å². The molecular weight excluding hydrogens is 410 g/mol. The summed E-state index contributed by atoms with van der Waals surface area (Å²) in [5.74, 6) is -0.277. The first-order chi connectivity index (χ1) is 14.0. The minimum absolute atomic E-state index is 0.0719. The second-order valence-electron chi connectivity index (χ2n) is 6.77. The Balaban J connectivity index is 1.35. The molecule has 7 nitrogen and oxygen atoms in total. The predicted octanol–water partition coefficient (Wildman–Crippen LogP) is 2.68. The van der Waals surface area contributed by atoms with Crippen molar-refractivity contribution in [3.8, 4) is 0 Å². The lowest BCUT2D eigenvalue weighted by Crippen LogP contribution is -2.31. The van der Waals surface area contributed by atoms with Gasteiger partial charge in [0.15, 0.2) is 0 Å². The zero-order chi connectivity index (χ0) is 20.3. The molecule has 1 aliphatic rings. The maximum Gasteiger partial charge on any atom is 0.251 e. The van der Waals surface area contributed by atoms with Crippen LogP contribution in [0.4, 0.5) is 0 Å². The van der Waals surface area contributed by atoms with Gasteiger partial charge in [-0.1, -0.05) is 12.1 Å². The van der Waals surface area contributed by atoms with E-state index in [4.69, 9.17) is 4.74 Å². The van der Waals surface area contributed by atoms with E-state index in [1.54, 1.807) is 0 Å². The van der Waals surface area contributed by atoms with Crippen LogP contribution in [0.1, 0.15) is 28.2 Å². The highest BCUT2D eigenvalue weighted by molar-refractivity contribution is 7.89. The Bertz CT molecular complexity index is 1070. The van der Waals surface area contributed by atoms with E-state index < -0.39 is 10.0 Å². The van der Waals surface area contributed by atoms with E-state index in [2.05, 4.69) is 15.0 Å². The number of para-hydroxylation sites is 1. The minimum Gasteiger partial charge on any atom is -0.377 e. The Labute approximate surface area is 173 Å². The van der Waals surface area contributed by atoms with Crippen LogP contribution in [-0.2, 0) is 21.3 Å². The largest absolute Gasteiger partial charge is 0.377 e. The molecule has 2 aromatic carbocycles. The standard InChI is InChI=1S/C20H21N3O4S2/c24-20(21-13-19-23-17-5-1-2-6-18(17)28-19)14-7-9-16(10-8-14)29(25,26)22-12-15-4-3-11-27-15/h1-2,5-10,15,22H,3-4,11-13H2,(H,21,24). The average molecular weight is 432 g/mol. The van der Waals surface area contributed by atoms with Crippen LogP contribution in [-0.4, -0.2) is 38.6 Å². The number of hydrogen-bond acceptors (Lipinski definition) is 6. The summed E-state index contributed by atoms with van der Waals surface area (Å²) < 4.78 is 33.9. The van der Waals surface area contributed by atoms with Gasteiger partial charge in [-0.2, -0.15) is 0 Å². The number of hydrogen-bond donors (Lipinski definition) is 2.